The zero-order valence-corrected chi connectivity index (χ0v) is 13.2. The van der Waals surface area contributed by atoms with Crippen molar-refractivity contribution < 1.29 is 4.79 Å². The summed E-state index contributed by atoms with van der Waals surface area (Å²) in [5.74, 6) is 0.0869. The van der Waals surface area contributed by atoms with Crippen LogP contribution in [0.3, 0.4) is 0 Å². The molecule has 5 heteroatoms. The number of piperidine rings is 1. The summed E-state index contributed by atoms with van der Waals surface area (Å²) in [7, 11) is 0. The van der Waals surface area contributed by atoms with Crippen molar-refractivity contribution in [1.29, 1.82) is 0 Å². The van der Waals surface area contributed by atoms with Crippen LogP contribution in [-0.2, 0) is 4.79 Å². The Morgan fingerprint density at radius 3 is 2.67 bits per heavy atom. The number of carbonyl (C=O) groups excluding carboxylic acids is 1. The summed E-state index contributed by atoms with van der Waals surface area (Å²) in [5, 5.41) is 3.06. The smallest absolute Gasteiger partial charge is 0.238 e. The molecule has 2 atom stereocenters. The number of rotatable bonds is 4. The van der Waals surface area contributed by atoms with Crippen molar-refractivity contribution in [2.75, 3.05) is 18.1 Å². The van der Waals surface area contributed by atoms with Crippen LogP contribution in [0.4, 0.5) is 5.69 Å². The highest BCUT2D eigenvalue weighted by Crippen LogP contribution is 2.34. The van der Waals surface area contributed by atoms with E-state index in [1.54, 1.807) is 11.8 Å². The average Bonchev–Trinajstić information content (AvgIpc) is 2.71. The van der Waals surface area contributed by atoms with Crippen molar-refractivity contribution in [2.45, 2.75) is 48.7 Å². The fourth-order valence-electron chi connectivity index (χ4n) is 3.68. The molecule has 0 aliphatic carbocycles. The topological polar surface area (TPSA) is 58.4 Å². The molecule has 2 fully saturated rings. The molecule has 3 N–H and O–H groups in total. The van der Waals surface area contributed by atoms with Crippen molar-refractivity contribution in [3.63, 3.8) is 0 Å². The summed E-state index contributed by atoms with van der Waals surface area (Å²) < 4.78 is 0. The molecule has 2 saturated heterocycles. The molecule has 1 amide bonds. The summed E-state index contributed by atoms with van der Waals surface area (Å²) in [4.78, 5) is 15.8. The Kier molecular flexibility index (Phi) is 4.52. The number of nitrogens with one attached hydrogen (secondary N) is 1. The van der Waals surface area contributed by atoms with E-state index in [-0.39, 0.29) is 5.91 Å². The Balaban J connectivity index is 1.62. The highest BCUT2D eigenvalue weighted by molar-refractivity contribution is 7.98. The first-order chi connectivity index (χ1) is 10.2. The van der Waals surface area contributed by atoms with E-state index in [0.29, 0.717) is 24.7 Å². The van der Waals surface area contributed by atoms with Gasteiger partial charge in [-0.1, -0.05) is 12.1 Å². The standard InChI is InChI=1S/C16H23N3OS/c1-21-15-5-3-2-4-14(15)18-16(20)10-19-12-6-7-13(19)9-11(17)8-12/h2-5,11-13H,6-10,17H2,1H3,(H,18,20). The highest BCUT2D eigenvalue weighted by Gasteiger charge is 2.40. The highest BCUT2D eigenvalue weighted by atomic mass is 32.2. The number of thioether (sulfide) groups is 1. The number of hydrogen-bond acceptors (Lipinski definition) is 4. The van der Waals surface area contributed by atoms with Gasteiger partial charge >= 0.3 is 0 Å². The summed E-state index contributed by atoms with van der Waals surface area (Å²) in [5.41, 5.74) is 6.99. The van der Waals surface area contributed by atoms with E-state index in [0.717, 1.165) is 23.4 Å². The van der Waals surface area contributed by atoms with Crippen LogP contribution >= 0.6 is 11.8 Å². The first-order valence-corrected chi connectivity index (χ1v) is 8.84. The molecule has 1 aromatic rings. The largest absolute Gasteiger partial charge is 0.328 e. The maximum absolute atomic E-state index is 12.4. The van der Waals surface area contributed by atoms with Crippen LogP contribution in [0, 0.1) is 0 Å². The van der Waals surface area contributed by atoms with Crippen molar-refractivity contribution >= 4 is 23.4 Å². The molecule has 0 radical (unpaired) electrons. The molecule has 2 aliphatic heterocycles. The van der Waals surface area contributed by atoms with E-state index in [4.69, 9.17) is 5.73 Å². The number of para-hydroxylation sites is 1. The molecule has 2 heterocycles. The maximum atomic E-state index is 12.4. The van der Waals surface area contributed by atoms with Gasteiger partial charge in [0.1, 0.15) is 0 Å². The first kappa shape index (κ1) is 14.9. The zero-order valence-electron chi connectivity index (χ0n) is 12.4. The Morgan fingerprint density at radius 1 is 1.33 bits per heavy atom. The van der Waals surface area contributed by atoms with Crippen LogP contribution in [0.2, 0.25) is 0 Å². The number of nitrogens with two attached hydrogens (primary N) is 1. The minimum Gasteiger partial charge on any atom is -0.328 e. The molecule has 1 aromatic carbocycles. The molecule has 2 unspecified atom stereocenters. The third-order valence-corrected chi connectivity index (χ3v) is 5.42. The second-order valence-electron chi connectivity index (χ2n) is 6.04. The molecular formula is C16H23N3OS. The molecule has 4 nitrogen and oxygen atoms in total. The van der Waals surface area contributed by atoms with Gasteiger partial charge in [0.2, 0.25) is 5.91 Å². The Morgan fingerprint density at radius 2 is 2.00 bits per heavy atom. The fraction of sp³-hybridized carbons (Fsp3) is 0.562. The van der Waals surface area contributed by atoms with E-state index >= 15 is 0 Å². The second kappa shape index (κ2) is 6.38. The monoisotopic (exact) mass is 305 g/mol. The van der Waals surface area contributed by atoms with Crippen LogP contribution in [-0.4, -0.2) is 41.7 Å². The van der Waals surface area contributed by atoms with Crippen molar-refractivity contribution in [3.05, 3.63) is 24.3 Å². The fourth-order valence-corrected chi connectivity index (χ4v) is 4.23. The molecular weight excluding hydrogens is 282 g/mol. The number of carbonyl (C=O) groups is 1. The third-order valence-electron chi connectivity index (χ3n) is 4.63. The number of hydrogen-bond donors (Lipinski definition) is 2. The molecule has 0 spiro atoms. The molecule has 114 valence electrons. The lowest BCUT2D eigenvalue weighted by molar-refractivity contribution is -0.118. The molecule has 0 aromatic heterocycles. The van der Waals surface area contributed by atoms with Gasteiger partial charge in [-0.2, -0.15) is 0 Å². The van der Waals surface area contributed by atoms with E-state index in [9.17, 15) is 4.79 Å². The normalized spacial score (nSPS) is 28.6. The summed E-state index contributed by atoms with van der Waals surface area (Å²) >= 11 is 1.65. The summed E-state index contributed by atoms with van der Waals surface area (Å²) in [6.45, 7) is 0.491. The minimum atomic E-state index is 0.0869. The van der Waals surface area contributed by atoms with Crippen LogP contribution in [0.25, 0.3) is 0 Å². The third kappa shape index (κ3) is 3.25. The predicted molar refractivity (Wildman–Crippen MR) is 87.6 cm³/mol. The van der Waals surface area contributed by atoms with Gasteiger partial charge in [-0.3, -0.25) is 9.69 Å². The number of nitrogens with zero attached hydrogens (tertiary/aromatic N) is 1. The minimum absolute atomic E-state index is 0.0869. The van der Waals surface area contributed by atoms with E-state index in [1.807, 2.05) is 30.5 Å². The number of benzene rings is 1. The van der Waals surface area contributed by atoms with Gasteiger partial charge in [-0.25, -0.2) is 0 Å². The van der Waals surface area contributed by atoms with E-state index in [2.05, 4.69) is 10.2 Å². The van der Waals surface area contributed by atoms with Gasteiger partial charge in [0, 0.05) is 23.0 Å². The van der Waals surface area contributed by atoms with E-state index < -0.39 is 0 Å². The molecule has 3 rings (SSSR count). The maximum Gasteiger partial charge on any atom is 0.238 e. The van der Waals surface area contributed by atoms with Crippen molar-refractivity contribution in [3.8, 4) is 0 Å². The lowest BCUT2D eigenvalue weighted by Gasteiger charge is -2.37. The van der Waals surface area contributed by atoms with Crippen molar-refractivity contribution in [2.24, 2.45) is 5.73 Å². The predicted octanol–water partition coefficient (Wildman–Crippen LogP) is 2.30. The van der Waals surface area contributed by atoms with Crippen LogP contribution < -0.4 is 11.1 Å². The molecule has 0 saturated carbocycles. The number of amides is 1. The Labute approximate surface area is 130 Å². The number of fused-ring (bicyclic) bond motifs is 2. The quantitative estimate of drug-likeness (QED) is 0.838. The lowest BCUT2D eigenvalue weighted by Crippen LogP contribution is -2.49. The van der Waals surface area contributed by atoms with Crippen LogP contribution in [0.5, 0.6) is 0 Å². The first-order valence-electron chi connectivity index (χ1n) is 7.61. The summed E-state index contributed by atoms with van der Waals surface area (Å²) in [6.07, 6.45) is 6.47. The van der Waals surface area contributed by atoms with Crippen LogP contribution in [0.1, 0.15) is 25.7 Å². The van der Waals surface area contributed by atoms with Gasteiger partial charge in [0.25, 0.3) is 0 Å². The van der Waals surface area contributed by atoms with Gasteiger partial charge in [0.15, 0.2) is 0 Å². The lowest BCUT2D eigenvalue weighted by atomic mass is 9.98. The van der Waals surface area contributed by atoms with Crippen LogP contribution in [0.15, 0.2) is 29.2 Å². The average molecular weight is 305 g/mol. The molecule has 2 bridgehead atoms. The SMILES string of the molecule is CSc1ccccc1NC(=O)CN1C2CCC1CC(N)C2. The zero-order chi connectivity index (χ0) is 14.8. The summed E-state index contributed by atoms with van der Waals surface area (Å²) in [6, 6.07) is 9.26. The number of anilines is 1. The molecule has 21 heavy (non-hydrogen) atoms. The Bertz CT molecular complexity index is 508. The Hall–Kier alpha value is -1.04. The van der Waals surface area contributed by atoms with Gasteiger partial charge in [-0.15, -0.1) is 11.8 Å². The second-order valence-corrected chi connectivity index (χ2v) is 6.89. The van der Waals surface area contributed by atoms with Crippen molar-refractivity contribution in [1.82, 2.24) is 4.90 Å². The van der Waals surface area contributed by atoms with Gasteiger partial charge in [0.05, 0.1) is 12.2 Å². The van der Waals surface area contributed by atoms with Gasteiger partial charge in [-0.05, 0) is 44.1 Å². The molecule has 2 aliphatic rings. The van der Waals surface area contributed by atoms with E-state index in [1.165, 1.54) is 12.8 Å². The van der Waals surface area contributed by atoms with Gasteiger partial charge < -0.3 is 11.1 Å².